The van der Waals surface area contributed by atoms with Gasteiger partial charge in [-0.25, -0.2) is 4.98 Å². The van der Waals surface area contributed by atoms with E-state index in [1.807, 2.05) is 13.2 Å². The zero-order valence-corrected chi connectivity index (χ0v) is 19.8. The SMILES string of the molecule is CCc1cnc(CCNC(=NC)NCCCOC2CCN(Cc3ccccc3)CC2)s1. The van der Waals surface area contributed by atoms with Crippen LogP contribution in [0.4, 0.5) is 0 Å². The first-order valence-electron chi connectivity index (χ1n) is 11.5. The molecule has 0 unspecified atom stereocenters. The maximum atomic E-state index is 6.12. The minimum Gasteiger partial charge on any atom is -0.378 e. The first-order chi connectivity index (χ1) is 15.3. The Morgan fingerprint density at radius 1 is 1.19 bits per heavy atom. The van der Waals surface area contributed by atoms with Gasteiger partial charge in [0.05, 0.1) is 11.1 Å². The summed E-state index contributed by atoms with van der Waals surface area (Å²) in [6.45, 7) is 7.96. The fraction of sp³-hybridized carbons (Fsp3) is 0.583. The van der Waals surface area contributed by atoms with Gasteiger partial charge in [0.15, 0.2) is 5.96 Å². The van der Waals surface area contributed by atoms with Crippen molar-refractivity contribution in [3.05, 3.63) is 52.0 Å². The molecule has 1 saturated heterocycles. The van der Waals surface area contributed by atoms with E-state index in [4.69, 9.17) is 4.74 Å². The van der Waals surface area contributed by atoms with E-state index in [-0.39, 0.29) is 0 Å². The van der Waals surface area contributed by atoms with Crippen molar-refractivity contribution in [2.75, 3.05) is 39.8 Å². The second-order valence-corrected chi connectivity index (χ2v) is 9.13. The third-order valence-electron chi connectivity index (χ3n) is 5.56. The molecule has 1 fully saturated rings. The van der Waals surface area contributed by atoms with E-state index < -0.39 is 0 Å². The minimum absolute atomic E-state index is 0.399. The zero-order chi connectivity index (χ0) is 21.7. The number of aromatic nitrogens is 1. The van der Waals surface area contributed by atoms with Gasteiger partial charge in [0.25, 0.3) is 0 Å². The number of hydrogen-bond donors (Lipinski definition) is 2. The van der Waals surface area contributed by atoms with Crippen LogP contribution in [-0.2, 0) is 24.1 Å². The molecule has 1 aromatic carbocycles. The number of aryl methyl sites for hydroxylation is 1. The highest BCUT2D eigenvalue weighted by Crippen LogP contribution is 2.16. The molecule has 31 heavy (non-hydrogen) atoms. The molecule has 0 radical (unpaired) electrons. The summed E-state index contributed by atoms with van der Waals surface area (Å²) in [5, 5.41) is 7.93. The van der Waals surface area contributed by atoms with Crippen molar-refractivity contribution in [1.82, 2.24) is 20.5 Å². The highest BCUT2D eigenvalue weighted by Gasteiger charge is 2.19. The molecule has 0 amide bonds. The number of benzene rings is 1. The van der Waals surface area contributed by atoms with E-state index in [0.717, 1.165) is 77.4 Å². The van der Waals surface area contributed by atoms with Gasteiger partial charge in [0.2, 0.25) is 0 Å². The summed E-state index contributed by atoms with van der Waals surface area (Å²) in [7, 11) is 1.81. The molecule has 1 aromatic heterocycles. The molecule has 0 bridgehead atoms. The van der Waals surface area contributed by atoms with E-state index >= 15 is 0 Å². The summed E-state index contributed by atoms with van der Waals surface area (Å²) in [6.07, 6.45) is 7.61. The summed E-state index contributed by atoms with van der Waals surface area (Å²) in [5.74, 6) is 0.849. The van der Waals surface area contributed by atoms with Gasteiger partial charge in [0, 0.05) is 63.9 Å². The maximum absolute atomic E-state index is 6.12. The average molecular weight is 444 g/mol. The molecule has 0 spiro atoms. The smallest absolute Gasteiger partial charge is 0.190 e. The molecule has 3 rings (SSSR count). The summed E-state index contributed by atoms with van der Waals surface area (Å²) < 4.78 is 6.12. The van der Waals surface area contributed by atoms with Gasteiger partial charge < -0.3 is 15.4 Å². The Balaban J connectivity index is 1.21. The highest BCUT2D eigenvalue weighted by atomic mass is 32.1. The number of nitrogens with one attached hydrogen (secondary N) is 2. The third kappa shape index (κ3) is 8.59. The van der Waals surface area contributed by atoms with Crippen molar-refractivity contribution < 1.29 is 4.74 Å². The number of likely N-dealkylation sites (tertiary alicyclic amines) is 1. The fourth-order valence-corrected chi connectivity index (χ4v) is 4.60. The Labute approximate surface area is 191 Å². The second kappa shape index (κ2) is 13.5. The van der Waals surface area contributed by atoms with Gasteiger partial charge in [-0.2, -0.15) is 0 Å². The Morgan fingerprint density at radius 3 is 2.68 bits per heavy atom. The number of piperidine rings is 1. The average Bonchev–Trinajstić information content (AvgIpc) is 3.27. The van der Waals surface area contributed by atoms with Crippen LogP contribution >= 0.6 is 11.3 Å². The molecule has 2 N–H and O–H groups in total. The molecule has 0 saturated carbocycles. The predicted molar refractivity (Wildman–Crippen MR) is 130 cm³/mol. The Morgan fingerprint density at radius 2 is 1.97 bits per heavy atom. The monoisotopic (exact) mass is 443 g/mol. The number of hydrogen-bond acceptors (Lipinski definition) is 5. The fourth-order valence-electron chi connectivity index (χ4n) is 3.74. The lowest BCUT2D eigenvalue weighted by Gasteiger charge is -2.32. The Bertz CT molecular complexity index is 771. The Kier molecular flexibility index (Phi) is 10.3. The number of thiazole rings is 1. The van der Waals surface area contributed by atoms with Crippen LogP contribution in [0.3, 0.4) is 0 Å². The minimum atomic E-state index is 0.399. The van der Waals surface area contributed by atoms with E-state index in [9.17, 15) is 0 Å². The first kappa shape index (κ1) is 23.7. The topological polar surface area (TPSA) is 61.8 Å². The number of guanidine groups is 1. The van der Waals surface area contributed by atoms with Crippen molar-refractivity contribution >= 4 is 17.3 Å². The summed E-state index contributed by atoms with van der Waals surface area (Å²) >= 11 is 1.80. The van der Waals surface area contributed by atoms with Crippen LogP contribution in [0.15, 0.2) is 41.5 Å². The standard InChI is InChI=1S/C24H37N5OS/c1-3-22-18-28-23(31-22)10-14-27-24(25-2)26-13-7-17-30-21-11-15-29(16-12-21)19-20-8-5-4-6-9-20/h4-6,8-9,18,21H,3,7,10-17,19H2,1-2H3,(H2,25,26,27). The molecule has 170 valence electrons. The van der Waals surface area contributed by atoms with Gasteiger partial charge in [-0.1, -0.05) is 37.3 Å². The largest absolute Gasteiger partial charge is 0.378 e. The molecule has 2 heterocycles. The van der Waals surface area contributed by atoms with Crippen LogP contribution in [0.25, 0.3) is 0 Å². The van der Waals surface area contributed by atoms with E-state index in [0.29, 0.717) is 6.10 Å². The second-order valence-electron chi connectivity index (χ2n) is 7.94. The number of ether oxygens (including phenoxy) is 1. The van der Waals surface area contributed by atoms with Gasteiger partial charge in [0.1, 0.15) is 0 Å². The van der Waals surface area contributed by atoms with E-state index in [1.165, 1.54) is 15.4 Å². The number of aliphatic imine (C=N–C) groups is 1. The first-order valence-corrected chi connectivity index (χ1v) is 12.3. The van der Waals surface area contributed by atoms with Crippen LogP contribution in [0, 0.1) is 0 Å². The number of rotatable bonds is 11. The predicted octanol–water partition coefficient (Wildman–Crippen LogP) is 3.48. The number of nitrogens with zero attached hydrogens (tertiary/aromatic N) is 3. The van der Waals surface area contributed by atoms with Crippen LogP contribution in [0.1, 0.15) is 41.6 Å². The molecule has 2 aromatic rings. The molecule has 0 aliphatic carbocycles. The van der Waals surface area contributed by atoms with Gasteiger partial charge >= 0.3 is 0 Å². The van der Waals surface area contributed by atoms with Crippen molar-refractivity contribution in [2.24, 2.45) is 4.99 Å². The van der Waals surface area contributed by atoms with Crippen molar-refractivity contribution in [3.8, 4) is 0 Å². The lowest BCUT2D eigenvalue weighted by Crippen LogP contribution is -2.39. The molecular weight excluding hydrogens is 406 g/mol. The molecule has 7 heteroatoms. The van der Waals surface area contributed by atoms with Gasteiger partial charge in [-0.3, -0.25) is 9.89 Å². The normalized spacial score (nSPS) is 15.9. The van der Waals surface area contributed by atoms with E-state index in [2.05, 4.69) is 62.8 Å². The quantitative estimate of drug-likeness (QED) is 0.316. The summed E-state index contributed by atoms with van der Waals surface area (Å²) in [5.41, 5.74) is 1.40. The molecule has 1 aliphatic heterocycles. The van der Waals surface area contributed by atoms with Crippen molar-refractivity contribution in [2.45, 2.75) is 51.7 Å². The summed E-state index contributed by atoms with van der Waals surface area (Å²) in [6, 6.07) is 10.7. The highest BCUT2D eigenvalue weighted by molar-refractivity contribution is 7.11. The van der Waals surface area contributed by atoms with Gasteiger partial charge in [-0.15, -0.1) is 11.3 Å². The van der Waals surface area contributed by atoms with Gasteiger partial charge in [-0.05, 0) is 31.2 Å². The van der Waals surface area contributed by atoms with Crippen molar-refractivity contribution in [1.29, 1.82) is 0 Å². The van der Waals surface area contributed by atoms with Crippen LogP contribution in [0.5, 0.6) is 0 Å². The third-order valence-corrected chi connectivity index (χ3v) is 6.76. The van der Waals surface area contributed by atoms with Crippen LogP contribution in [-0.4, -0.2) is 61.8 Å². The molecular formula is C24H37N5OS. The lowest BCUT2D eigenvalue weighted by molar-refractivity contribution is 0.00534. The molecule has 0 atom stereocenters. The Hall–Kier alpha value is -1.96. The van der Waals surface area contributed by atoms with Crippen LogP contribution < -0.4 is 10.6 Å². The molecule has 1 aliphatic rings. The zero-order valence-electron chi connectivity index (χ0n) is 19.0. The van der Waals surface area contributed by atoms with Crippen molar-refractivity contribution in [3.63, 3.8) is 0 Å². The van der Waals surface area contributed by atoms with E-state index in [1.54, 1.807) is 11.3 Å². The summed E-state index contributed by atoms with van der Waals surface area (Å²) in [4.78, 5) is 12.6. The molecule has 6 nitrogen and oxygen atoms in total. The maximum Gasteiger partial charge on any atom is 0.190 e. The lowest BCUT2D eigenvalue weighted by atomic mass is 10.1. The van der Waals surface area contributed by atoms with Crippen LogP contribution in [0.2, 0.25) is 0 Å².